The molecule has 0 atom stereocenters. The van der Waals surface area contributed by atoms with Crippen molar-refractivity contribution in [3.05, 3.63) is 12.2 Å². The van der Waals surface area contributed by atoms with Crippen molar-refractivity contribution in [2.75, 3.05) is 13.2 Å². The summed E-state index contributed by atoms with van der Waals surface area (Å²) in [4.78, 5) is 20.2. The Kier molecular flexibility index (Phi) is 16.4. The standard InChI is InChI=1S/C18H32O6/c19-17(20)23-15-13-11-9-7-5-3-1-2-4-6-8-10-12-14-16-24-18(21)22/h7,9H,1-6,8,10-16H2,(H,19,20)(H,21,22). The van der Waals surface area contributed by atoms with E-state index in [0.29, 0.717) is 6.61 Å². The van der Waals surface area contributed by atoms with Gasteiger partial charge in [0, 0.05) is 0 Å². The molecule has 0 spiro atoms. The van der Waals surface area contributed by atoms with Gasteiger partial charge in [0.25, 0.3) is 0 Å². The van der Waals surface area contributed by atoms with Crippen LogP contribution in [0.4, 0.5) is 9.59 Å². The molecule has 0 aliphatic rings. The Morgan fingerprint density at radius 1 is 0.583 bits per heavy atom. The van der Waals surface area contributed by atoms with E-state index in [0.717, 1.165) is 38.5 Å². The van der Waals surface area contributed by atoms with Crippen molar-refractivity contribution in [1.82, 2.24) is 0 Å². The summed E-state index contributed by atoms with van der Waals surface area (Å²) in [6.07, 6.45) is 15.0. The molecule has 0 saturated heterocycles. The second kappa shape index (κ2) is 17.6. The van der Waals surface area contributed by atoms with E-state index in [2.05, 4.69) is 21.6 Å². The molecule has 0 rings (SSSR count). The predicted octanol–water partition coefficient (Wildman–Crippen LogP) is 5.61. The second-order valence-corrected chi connectivity index (χ2v) is 5.81. The van der Waals surface area contributed by atoms with E-state index in [9.17, 15) is 9.59 Å². The van der Waals surface area contributed by atoms with Crippen LogP contribution in [-0.2, 0) is 9.47 Å². The number of hydrogen-bond donors (Lipinski definition) is 2. The molecule has 0 fully saturated rings. The fraction of sp³-hybridized carbons (Fsp3) is 0.778. The first-order valence-corrected chi connectivity index (χ1v) is 8.99. The largest absolute Gasteiger partial charge is 0.505 e. The molecule has 0 heterocycles. The summed E-state index contributed by atoms with van der Waals surface area (Å²) in [5, 5.41) is 16.6. The van der Waals surface area contributed by atoms with Gasteiger partial charge in [-0.25, -0.2) is 9.59 Å². The Bertz CT molecular complexity index is 340. The zero-order chi connectivity index (χ0) is 17.9. The van der Waals surface area contributed by atoms with Crippen molar-refractivity contribution in [3.63, 3.8) is 0 Å². The highest BCUT2D eigenvalue weighted by molar-refractivity contribution is 5.56. The van der Waals surface area contributed by atoms with E-state index >= 15 is 0 Å². The Morgan fingerprint density at radius 3 is 1.46 bits per heavy atom. The third-order valence-electron chi connectivity index (χ3n) is 3.65. The molecular weight excluding hydrogens is 312 g/mol. The highest BCUT2D eigenvalue weighted by atomic mass is 16.7. The van der Waals surface area contributed by atoms with E-state index < -0.39 is 12.3 Å². The molecule has 0 aliphatic carbocycles. The predicted molar refractivity (Wildman–Crippen MR) is 92.5 cm³/mol. The van der Waals surface area contributed by atoms with Crippen LogP contribution in [0.5, 0.6) is 0 Å². The molecule has 6 heteroatoms. The van der Waals surface area contributed by atoms with Gasteiger partial charge in [-0.1, -0.05) is 57.1 Å². The third kappa shape index (κ3) is 20.3. The molecule has 24 heavy (non-hydrogen) atoms. The van der Waals surface area contributed by atoms with Crippen molar-refractivity contribution in [1.29, 1.82) is 0 Å². The zero-order valence-electron chi connectivity index (χ0n) is 14.6. The molecule has 0 aliphatic heterocycles. The van der Waals surface area contributed by atoms with Gasteiger partial charge in [-0.3, -0.25) is 0 Å². The number of ether oxygens (including phenoxy) is 2. The zero-order valence-corrected chi connectivity index (χ0v) is 14.6. The highest BCUT2D eigenvalue weighted by Gasteiger charge is 1.96. The minimum atomic E-state index is -1.20. The van der Waals surface area contributed by atoms with Crippen LogP contribution in [0.25, 0.3) is 0 Å². The van der Waals surface area contributed by atoms with E-state index in [1.54, 1.807) is 0 Å². The lowest BCUT2D eigenvalue weighted by atomic mass is 10.1. The van der Waals surface area contributed by atoms with Crippen molar-refractivity contribution < 1.29 is 29.3 Å². The topological polar surface area (TPSA) is 93.1 Å². The number of unbranched alkanes of at least 4 members (excludes halogenated alkanes) is 10. The van der Waals surface area contributed by atoms with Gasteiger partial charge in [0.1, 0.15) is 0 Å². The maximum Gasteiger partial charge on any atom is 0.505 e. The lowest BCUT2D eigenvalue weighted by Gasteiger charge is -2.02. The number of allylic oxidation sites excluding steroid dienone is 2. The second-order valence-electron chi connectivity index (χ2n) is 5.81. The van der Waals surface area contributed by atoms with Crippen molar-refractivity contribution in [3.8, 4) is 0 Å². The minimum absolute atomic E-state index is 0.270. The number of hydrogen-bond acceptors (Lipinski definition) is 4. The summed E-state index contributed by atoms with van der Waals surface area (Å²) in [7, 11) is 0. The molecule has 0 saturated carbocycles. The van der Waals surface area contributed by atoms with E-state index in [4.69, 9.17) is 10.2 Å². The molecule has 0 bridgehead atoms. The number of carboxylic acid groups (broad SMARTS) is 2. The van der Waals surface area contributed by atoms with Crippen LogP contribution in [0.1, 0.15) is 77.0 Å². The SMILES string of the molecule is O=C(O)OCCCC=CCCCCCCCCCCCOC(=O)O. The van der Waals surface area contributed by atoms with Crippen molar-refractivity contribution >= 4 is 12.3 Å². The Labute approximate surface area is 144 Å². The normalized spacial score (nSPS) is 10.8. The Balaban J connectivity index is 3.09. The summed E-state index contributed by atoms with van der Waals surface area (Å²) in [6, 6.07) is 0. The number of carbonyl (C=O) groups is 2. The maximum absolute atomic E-state index is 10.1. The molecule has 0 aromatic rings. The first kappa shape index (κ1) is 22.3. The average molecular weight is 344 g/mol. The van der Waals surface area contributed by atoms with Crippen LogP contribution < -0.4 is 0 Å². The van der Waals surface area contributed by atoms with Gasteiger partial charge in [-0.05, 0) is 32.1 Å². The van der Waals surface area contributed by atoms with Gasteiger partial charge >= 0.3 is 12.3 Å². The van der Waals surface area contributed by atoms with E-state index in [1.807, 2.05) is 0 Å². The summed E-state index contributed by atoms with van der Waals surface area (Å²) in [5.74, 6) is 0. The number of rotatable bonds is 16. The molecule has 0 aromatic heterocycles. The maximum atomic E-state index is 10.1. The molecule has 6 nitrogen and oxygen atoms in total. The summed E-state index contributed by atoms with van der Waals surface area (Å²) < 4.78 is 8.88. The van der Waals surface area contributed by atoms with Crippen LogP contribution in [0, 0.1) is 0 Å². The first-order valence-electron chi connectivity index (χ1n) is 8.99. The lowest BCUT2D eigenvalue weighted by molar-refractivity contribution is 0.0891. The minimum Gasteiger partial charge on any atom is -0.450 e. The van der Waals surface area contributed by atoms with Crippen molar-refractivity contribution in [2.24, 2.45) is 0 Å². The van der Waals surface area contributed by atoms with Crippen LogP contribution in [0.3, 0.4) is 0 Å². The van der Waals surface area contributed by atoms with Gasteiger partial charge in [0.15, 0.2) is 0 Å². The lowest BCUT2D eigenvalue weighted by Crippen LogP contribution is -2.01. The van der Waals surface area contributed by atoms with E-state index in [-0.39, 0.29) is 6.61 Å². The van der Waals surface area contributed by atoms with E-state index in [1.165, 1.54) is 38.5 Å². The van der Waals surface area contributed by atoms with Gasteiger partial charge in [-0.15, -0.1) is 0 Å². The molecular formula is C18H32O6. The average Bonchev–Trinajstić information content (AvgIpc) is 2.53. The Morgan fingerprint density at radius 2 is 0.958 bits per heavy atom. The Hall–Kier alpha value is -1.72. The molecule has 0 amide bonds. The molecule has 0 radical (unpaired) electrons. The van der Waals surface area contributed by atoms with Gasteiger partial charge < -0.3 is 19.7 Å². The fourth-order valence-electron chi connectivity index (χ4n) is 2.36. The van der Waals surface area contributed by atoms with Gasteiger partial charge in [-0.2, -0.15) is 0 Å². The molecule has 0 unspecified atom stereocenters. The molecule has 140 valence electrons. The van der Waals surface area contributed by atoms with Crippen LogP contribution in [0.15, 0.2) is 12.2 Å². The van der Waals surface area contributed by atoms with Crippen LogP contribution in [-0.4, -0.2) is 35.7 Å². The highest BCUT2D eigenvalue weighted by Crippen LogP contribution is 2.11. The van der Waals surface area contributed by atoms with Crippen LogP contribution in [0.2, 0.25) is 0 Å². The summed E-state index contributed by atoms with van der Waals surface area (Å²) >= 11 is 0. The monoisotopic (exact) mass is 344 g/mol. The smallest absolute Gasteiger partial charge is 0.450 e. The quantitative estimate of drug-likeness (QED) is 0.215. The molecule has 0 aromatic carbocycles. The molecule has 2 N–H and O–H groups in total. The van der Waals surface area contributed by atoms with Gasteiger partial charge in [0.2, 0.25) is 0 Å². The van der Waals surface area contributed by atoms with Crippen LogP contribution >= 0.6 is 0 Å². The fourth-order valence-corrected chi connectivity index (χ4v) is 2.36. The summed E-state index contributed by atoms with van der Waals surface area (Å²) in [6.45, 7) is 0.585. The van der Waals surface area contributed by atoms with Gasteiger partial charge in [0.05, 0.1) is 13.2 Å². The third-order valence-corrected chi connectivity index (χ3v) is 3.65. The summed E-state index contributed by atoms with van der Waals surface area (Å²) in [5.41, 5.74) is 0. The van der Waals surface area contributed by atoms with Crippen molar-refractivity contribution in [2.45, 2.75) is 77.0 Å². The first-order chi connectivity index (χ1) is 11.6.